The molecule has 4 saturated carbocycles. The summed E-state index contributed by atoms with van der Waals surface area (Å²) in [6.45, 7) is 0. The number of methoxy groups -OCH3 is 1. The predicted octanol–water partition coefficient (Wildman–Crippen LogP) is 5.80. The molecule has 6 nitrogen and oxygen atoms in total. The number of ether oxygens (including phenoxy) is 1. The van der Waals surface area contributed by atoms with Crippen LogP contribution in [0.3, 0.4) is 0 Å². The Morgan fingerprint density at radius 3 is 2.32 bits per heavy atom. The van der Waals surface area contributed by atoms with E-state index in [1.54, 1.807) is 4.90 Å². The third kappa shape index (κ3) is 3.83. The number of carbonyl (C=O) groups is 2. The van der Waals surface area contributed by atoms with Gasteiger partial charge < -0.3 is 19.9 Å². The molecule has 3 aromatic rings. The Morgan fingerprint density at radius 1 is 1.03 bits per heavy atom. The molecule has 0 saturated heterocycles. The van der Waals surface area contributed by atoms with Gasteiger partial charge in [-0.1, -0.05) is 30.3 Å². The Labute approximate surface area is 228 Å². The number of para-hydroxylation sites is 1. The number of H-pyrrole nitrogens is 1. The number of nitrogens with zero attached hydrogens (tertiary/aromatic N) is 1. The lowest BCUT2D eigenvalue weighted by molar-refractivity contribution is -0.154. The Hall–Kier alpha value is -2.99. The van der Waals surface area contributed by atoms with Crippen molar-refractivity contribution in [1.82, 2.24) is 9.88 Å². The third-order valence-corrected chi connectivity index (χ3v) is 9.91. The van der Waals surface area contributed by atoms with Crippen LogP contribution < -0.4 is 5.32 Å². The number of hydrogen-bond donors (Lipinski definition) is 2. The van der Waals surface area contributed by atoms with Crippen LogP contribution in [0.15, 0.2) is 48.5 Å². The molecular weight excluding hydrogens is 498 g/mol. The van der Waals surface area contributed by atoms with Crippen LogP contribution >= 0.6 is 11.6 Å². The van der Waals surface area contributed by atoms with Crippen LogP contribution in [0.25, 0.3) is 10.9 Å². The van der Waals surface area contributed by atoms with Crippen molar-refractivity contribution in [3.8, 4) is 0 Å². The van der Waals surface area contributed by atoms with Gasteiger partial charge in [0.05, 0.1) is 13.2 Å². The Kier molecular flexibility index (Phi) is 5.73. The highest BCUT2D eigenvalue weighted by Crippen LogP contribution is 2.56. The number of hydrogen-bond acceptors (Lipinski definition) is 4. The number of anilines is 1. The van der Waals surface area contributed by atoms with Crippen LogP contribution in [0, 0.1) is 17.8 Å². The van der Waals surface area contributed by atoms with Gasteiger partial charge in [-0.05, 0) is 85.6 Å². The summed E-state index contributed by atoms with van der Waals surface area (Å²) in [6, 6.07) is 15.3. The number of aromatic amines is 1. The van der Waals surface area contributed by atoms with E-state index in [1.165, 1.54) is 45.6 Å². The second-order valence-electron chi connectivity index (χ2n) is 12.1. The lowest BCUT2D eigenvalue weighted by atomic mass is 9.53. The number of rotatable bonds is 5. The highest BCUT2D eigenvalue weighted by atomic mass is 35.5. The van der Waals surface area contributed by atoms with Gasteiger partial charge in [0.25, 0.3) is 0 Å². The fourth-order valence-electron chi connectivity index (χ4n) is 8.65. The van der Waals surface area contributed by atoms with Gasteiger partial charge in [-0.2, -0.15) is 0 Å². The van der Waals surface area contributed by atoms with Crippen molar-refractivity contribution in [2.45, 2.75) is 62.6 Å². The van der Waals surface area contributed by atoms with E-state index in [4.69, 9.17) is 16.3 Å². The molecule has 8 rings (SSSR count). The summed E-state index contributed by atoms with van der Waals surface area (Å²) in [5.41, 5.74) is 5.28. The zero-order valence-electron chi connectivity index (χ0n) is 21.7. The van der Waals surface area contributed by atoms with Gasteiger partial charge in [0.2, 0.25) is 5.91 Å². The summed E-state index contributed by atoms with van der Waals surface area (Å²) in [6.07, 6.45) is 8.47. The van der Waals surface area contributed by atoms with E-state index >= 15 is 0 Å². The smallest absolute Gasteiger partial charge is 0.328 e. The fourth-order valence-corrected chi connectivity index (χ4v) is 8.79. The standard InChI is InChI=1S/C31H34ClN3O3/c1-38-30(37)26-13-24-23-4-2-3-5-25(23)33-28(24)29(35(26)27(36)17-32)21-6-8-22(9-7-21)34-31-14-18-10-19(15-31)12-20(11-18)16-31/h2-9,18-20,26,29,33-34H,10-17H2,1H3/t18-,19+,20?,26-,29+,31-/m1/s1. The average molecular weight is 532 g/mol. The summed E-state index contributed by atoms with van der Waals surface area (Å²) in [5, 5.41) is 5.02. The number of esters is 1. The Balaban J connectivity index is 1.26. The van der Waals surface area contributed by atoms with Crippen LogP contribution in [0.5, 0.6) is 0 Å². The van der Waals surface area contributed by atoms with Crippen LogP contribution in [0.2, 0.25) is 0 Å². The highest BCUT2D eigenvalue weighted by molar-refractivity contribution is 6.27. The minimum absolute atomic E-state index is 0.203. The Morgan fingerprint density at radius 2 is 1.68 bits per heavy atom. The van der Waals surface area contributed by atoms with Crippen molar-refractivity contribution in [3.63, 3.8) is 0 Å². The van der Waals surface area contributed by atoms with Gasteiger partial charge in [-0.25, -0.2) is 4.79 Å². The summed E-state index contributed by atoms with van der Waals surface area (Å²) >= 11 is 6.09. The molecule has 2 N–H and O–H groups in total. The third-order valence-electron chi connectivity index (χ3n) is 9.68. The van der Waals surface area contributed by atoms with Gasteiger partial charge >= 0.3 is 5.97 Å². The largest absolute Gasteiger partial charge is 0.467 e. The maximum Gasteiger partial charge on any atom is 0.328 e. The van der Waals surface area contributed by atoms with Gasteiger partial charge in [0.15, 0.2) is 0 Å². The predicted molar refractivity (Wildman–Crippen MR) is 148 cm³/mol. The average Bonchev–Trinajstić information content (AvgIpc) is 3.29. The van der Waals surface area contributed by atoms with Gasteiger partial charge in [0.1, 0.15) is 11.9 Å². The molecule has 5 aliphatic rings. The first kappa shape index (κ1) is 24.1. The molecule has 4 bridgehead atoms. The molecule has 1 amide bonds. The molecule has 38 heavy (non-hydrogen) atoms. The molecule has 0 spiro atoms. The number of aromatic nitrogens is 1. The molecule has 198 valence electrons. The normalized spacial score (nSPS) is 31.3. The molecular formula is C31H34ClN3O3. The van der Waals surface area contributed by atoms with Crippen LogP contribution in [-0.2, 0) is 20.7 Å². The first-order valence-corrected chi connectivity index (χ1v) is 14.4. The first-order valence-electron chi connectivity index (χ1n) is 13.9. The van der Waals surface area contributed by atoms with Crippen molar-refractivity contribution in [1.29, 1.82) is 0 Å². The Bertz CT molecular complexity index is 1360. The fraction of sp³-hybridized carbons (Fsp3) is 0.484. The second kappa shape index (κ2) is 9.04. The number of fused-ring (bicyclic) bond motifs is 3. The first-order chi connectivity index (χ1) is 18.5. The number of alkyl halides is 1. The number of carbonyl (C=O) groups excluding carboxylic acids is 2. The number of amides is 1. The summed E-state index contributed by atoms with van der Waals surface area (Å²) in [5.74, 6) is 1.71. The lowest BCUT2D eigenvalue weighted by Crippen LogP contribution is -2.54. The maximum absolute atomic E-state index is 13.2. The highest BCUT2D eigenvalue weighted by Gasteiger charge is 2.51. The summed E-state index contributed by atoms with van der Waals surface area (Å²) in [7, 11) is 1.37. The lowest BCUT2D eigenvalue weighted by Gasteiger charge is -2.57. The quantitative estimate of drug-likeness (QED) is 0.322. The van der Waals surface area contributed by atoms with Crippen molar-refractivity contribution in [3.05, 3.63) is 65.4 Å². The summed E-state index contributed by atoms with van der Waals surface area (Å²) < 4.78 is 5.16. The van der Waals surface area contributed by atoms with Gasteiger partial charge in [-0.15, -0.1) is 11.6 Å². The van der Waals surface area contributed by atoms with E-state index < -0.39 is 18.1 Å². The molecule has 4 aliphatic carbocycles. The molecule has 2 atom stereocenters. The van der Waals surface area contributed by atoms with Crippen molar-refractivity contribution in [2.75, 3.05) is 18.3 Å². The van der Waals surface area contributed by atoms with Crippen LogP contribution in [0.1, 0.15) is 61.4 Å². The SMILES string of the molecule is COC(=O)[C@H]1Cc2c([nH]c3ccccc23)[C@H](c2ccc(N[C@]34CC5C[C@H](C[C@H](C5)C3)C4)cc2)N1C(=O)CCl. The van der Waals surface area contributed by atoms with Gasteiger partial charge in [-0.3, -0.25) is 4.79 Å². The topological polar surface area (TPSA) is 74.4 Å². The van der Waals surface area contributed by atoms with E-state index in [1.807, 2.05) is 18.2 Å². The molecule has 0 unspecified atom stereocenters. The monoisotopic (exact) mass is 531 g/mol. The van der Waals surface area contributed by atoms with E-state index in [-0.39, 0.29) is 17.3 Å². The van der Waals surface area contributed by atoms with E-state index in [2.05, 4.69) is 40.6 Å². The number of nitrogens with one attached hydrogen (secondary N) is 2. The molecule has 1 aliphatic heterocycles. The zero-order valence-corrected chi connectivity index (χ0v) is 22.5. The molecule has 4 fully saturated rings. The zero-order chi connectivity index (χ0) is 26.0. The van der Waals surface area contributed by atoms with Gasteiger partial charge in [0, 0.05) is 34.2 Å². The molecule has 2 aromatic carbocycles. The number of halogens is 1. The molecule has 7 heteroatoms. The van der Waals surface area contributed by atoms with Crippen molar-refractivity contribution >= 4 is 40.1 Å². The van der Waals surface area contributed by atoms with Crippen molar-refractivity contribution in [2.24, 2.45) is 17.8 Å². The second-order valence-corrected chi connectivity index (χ2v) is 12.4. The molecule has 1 aromatic heterocycles. The minimum atomic E-state index is -0.743. The van der Waals surface area contributed by atoms with Crippen molar-refractivity contribution < 1.29 is 14.3 Å². The van der Waals surface area contributed by atoms with Crippen LogP contribution in [0.4, 0.5) is 5.69 Å². The van der Waals surface area contributed by atoms with E-state index in [9.17, 15) is 9.59 Å². The molecule has 0 radical (unpaired) electrons. The van der Waals surface area contributed by atoms with E-state index in [0.717, 1.165) is 51.2 Å². The molecule has 2 heterocycles. The summed E-state index contributed by atoms with van der Waals surface area (Å²) in [4.78, 5) is 31.4. The minimum Gasteiger partial charge on any atom is -0.467 e. The maximum atomic E-state index is 13.2. The van der Waals surface area contributed by atoms with E-state index in [0.29, 0.717) is 6.42 Å². The number of benzene rings is 2. The van der Waals surface area contributed by atoms with Crippen LogP contribution in [-0.4, -0.2) is 46.3 Å².